The van der Waals surface area contributed by atoms with Gasteiger partial charge in [-0.3, -0.25) is 9.11 Å². The summed E-state index contributed by atoms with van der Waals surface area (Å²) in [6.07, 6.45) is 1.66. The maximum absolute atomic E-state index is 12.2. The molecular weight excluding hydrogens is 318 g/mol. The summed E-state index contributed by atoms with van der Waals surface area (Å²) in [4.78, 5) is 16.5. The number of piperazine rings is 1. The van der Waals surface area contributed by atoms with Gasteiger partial charge in [0.1, 0.15) is 0 Å². The fraction of sp³-hybridized carbons (Fsp3) is 0.667. The van der Waals surface area contributed by atoms with Gasteiger partial charge in [0.05, 0.1) is 0 Å². The molecule has 0 radical (unpaired) electrons. The number of thiophene rings is 1. The van der Waals surface area contributed by atoms with Gasteiger partial charge in [0, 0.05) is 61.1 Å². The van der Waals surface area contributed by atoms with Crippen LogP contribution < -0.4 is 5.32 Å². The van der Waals surface area contributed by atoms with Crippen LogP contribution in [0.5, 0.6) is 0 Å². The van der Waals surface area contributed by atoms with E-state index in [1.165, 1.54) is 5.56 Å². The van der Waals surface area contributed by atoms with E-state index in [9.17, 15) is 9.00 Å². The van der Waals surface area contributed by atoms with Crippen molar-refractivity contribution in [1.29, 1.82) is 0 Å². The molecule has 1 aliphatic rings. The number of carbonyl (C=O) groups excluding carboxylic acids is 1. The number of carbonyl (C=O) groups is 1. The maximum atomic E-state index is 12.2. The van der Waals surface area contributed by atoms with Crippen LogP contribution in [0.3, 0.4) is 0 Å². The largest absolute Gasteiger partial charge is 0.335 e. The van der Waals surface area contributed by atoms with E-state index in [0.717, 1.165) is 26.2 Å². The highest BCUT2D eigenvalue weighted by Gasteiger charge is 2.25. The lowest BCUT2D eigenvalue weighted by atomic mass is 10.1. The molecule has 1 saturated heterocycles. The zero-order chi connectivity index (χ0) is 16.1. The molecule has 2 amide bonds. The van der Waals surface area contributed by atoms with Crippen LogP contribution in [0.25, 0.3) is 0 Å². The Hall–Kier alpha value is -0.920. The van der Waals surface area contributed by atoms with E-state index in [1.54, 1.807) is 17.6 Å². The second-order valence-electron chi connectivity index (χ2n) is 5.85. The molecule has 1 N–H and O–H groups in total. The van der Waals surface area contributed by atoms with Gasteiger partial charge in [-0.2, -0.15) is 11.3 Å². The molecule has 2 heterocycles. The number of hydrogen-bond acceptors (Lipinski definition) is 4. The van der Waals surface area contributed by atoms with E-state index in [4.69, 9.17) is 0 Å². The third-order valence-corrected chi connectivity index (χ3v) is 5.70. The second-order valence-corrected chi connectivity index (χ2v) is 8.11. The summed E-state index contributed by atoms with van der Waals surface area (Å²) in [6.45, 7) is 7.37. The Balaban J connectivity index is 1.79. The third kappa shape index (κ3) is 4.79. The van der Waals surface area contributed by atoms with Crippen LogP contribution in [0.1, 0.15) is 25.5 Å². The van der Waals surface area contributed by atoms with Gasteiger partial charge in [-0.1, -0.05) is 0 Å². The molecule has 1 aromatic heterocycles. The van der Waals surface area contributed by atoms with Crippen LogP contribution in [-0.2, 0) is 10.8 Å². The normalized spacial score (nSPS) is 20.4. The molecule has 22 heavy (non-hydrogen) atoms. The van der Waals surface area contributed by atoms with Crippen LogP contribution in [0.2, 0.25) is 0 Å². The molecule has 1 aliphatic heterocycles. The second kappa shape index (κ2) is 8.08. The van der Waals surface area contributed by atoms with Gasteiger partial charge >= 0.3 is 6.03 Å². The molecule has 0 aromatic carbocycles. The predicted octanol–water partition coefficient (Wildman–Crippen LogP) is 1.90. The summed E-state index contributed by atoms with van der Waals surface area (Å²) in [7, 11) is -0.887. The number of amides is 2. The SMILES string of the molecule is C[C@H](C[S@@](C)=O)NC(=O)N1CCN([C@H](C)c2ccsc2)CC1. The molecule has 5 nitrogen and oxygen atoms in total. The Morgan fingerprint density at radius 3 is 2.59 bits per heavy atom. The lowest BCUT2D eigenvalue weighted by molar-refractivity contribution is 0.113. The van der Waals surface area contributed by atoms with Crippen LogP contribution in [0, 0.1) is 0 Å². The van der Waals surface area contributed by atoms with Crippen molar-refractivity contribution >= 4 is 28.2 Å². The van der Waals surface area contributed by atoms with Crippen LogP contribution >= 0.6 is 11.3 Å². The summed E-state index contributed by atoms with van der Waals surface area (Å²) in [5.74, 6) is 0.501. The lowest BCUT2D eigenvalue weighted by Crippen LogP contribution is -2.53. The smallest absolute Gasteiger partial charge is 0.317 e. The zero-order valence-electron chi connectivity index (χ0n) is 13.4. The van der Waals surface area contributed by atoms with E-state index < -0.39 is 10.8 Å². The van der Waals surface area contributed by atoms with Crippen molar-refractivity contribution in [3.05, 3.63) is 22.4 Å². The van der Waals surface area contributed by atoms with E-state index in [-0.39, 0.29) is 12.1 Å². The third-order valence-electron chi connectivity index (χ3n) is 4.03. The Labute approximate surface area is 139 Å². The molecule has 1 aromatic rings. The monoisotopic (exact) mass is 343 g/mol. The van der Waals surface area contributed by atoms with Crippen molar-refractivity contribution in [1.82, 2.24) is 15.1 Å². The molecule has 7 heteroatoms. The van der Waals surface area contributed by atoms with Crippen LogP contribution in [0.15, 0.2) is 16.8 Å². The van der Waals surface area contributed by atoms with Crippen molar-refractivity contribution in [3.63, 3.8) is 0 Å². The first kappa shape index (κ1) is 17.4. The molecule has 1 fully saturated rings. The topological polar surface area (TPSA) is 52.7 Å². The highest BCUT2D eigenvalue weighted by Crippen LogP contribution is 2.23. The van der Waals surface area contributed by atoms with Gasteiger partial charge in [0.25, 0.3) is 0 Å². The van der Waals surface area contributed by atoms with Gasteiger partial charge < -0.3 is 10.2 Å². The number of nitrogens with one attached hydrogen (secondary N) is 1. The van der Waals surface area contributed by atoms with Gasteiger partial charge in [-0.05, 0) is 36.2 Å². The number of nitrogens with zero attached hydrogens (tertiary/aromatic N) is 2. The number of hydrogen-bond donors (Lipinski definition) is 1. The molecule has 0 aliphatic carbocycles. The first-order valence-electron chi connectivity index (χ1n) is 7.59. The Bertz CT molecular complexity index is 499. The summed E-state index contributed by atoms with van der Waals surface area (Å²) in [5, 5.41) is 7.23. The van der Waals surface area contributed by atoms with E-state index >= 15 is 0 Å². The van der Waals surface area contributed by atoms with Gasteiger partial charge in [0.2, 0.25) is 0 Å². The van der Waals surface area contributed by atoms with Crippen molar-refractivity contribution in [2.45, 2.75) is 25.9 Å². The zero-order valence-corrected chi connectivity index (χ0v) is 15.1. The minimum absolute atomic E-state index is 0.0409. The molecule has 0 saturated carbocycles. The number of urea groups is 1. The summed E-state index contributed by atoms with van der Waals surface area (Å²) >= 11 is 1.72. The van der Waals surface area contributed by atoms with Gasteiger partial charge in [-0.15, -0.1) is 0 Å². The van der Waals surface area contributed by atoms with Crippen LogP contribution in [0.4, 0.5) is 4.79 Å². The molecule has 0 bridgehead atoms. The minimum Gasteiger partial charge on any atom is -0.335 e. The Morgan fingerprint density at radius 2 is 2.05 bits per heavy atom. The van der Waals surface area contributed by atoms with Crippen molar-refractivity contribution in [2.24, 2.45) is 0 Å². The van der Waals surface area contributed by atoms with Crippen molar-refractivity contribution in [3.8, 4) is 0 Å². The van der Waals surface area contributed by atoms with Crippen molar-refractivity contribution < 1.29 is 9.00 Å². The Kier molecular flexibility index (Phi) is 6.40. The number of rotatable bonds is 5. The fourth-order valence-corrected chi connectivity index (χ4v) is 4.27. The molecular formula is C15H25N3O2S2. The predicted molar refractivity (Wildman–Crippen MR) is 92.8 cm³/mol. The van der Waals surface area contributed by atoms with E-state index in [1.807, 2.05) is 11.8 Å². The average molecular weight is 344 g/mol. The lowest BCUT2D eigenvalue weighted by Gasteiger charge is -2.38. The fourth-order valence-electron chi connectivity index (χ4n) is 2.73. The minimum atomic E-state index is -0.887. The molecule has 0 unspecified atom stereocenters. The van der Waals surface area contributed by atoms with Gasteiger partial charge in [0.15, 0.2) is 0 Å². The first-order valence-corrected chi connectivity index (χ1v) is 10.3. The first-order chi connectivity index (χ1) is 10.5. The van der Waals surface area contributed by atoms with E-state index in [0.29, 0.717) is 11.8 Å². The summed E-state index contributed by atoms with van der Waals surface area (Å²) in [6, 6.07) is 2.47. The summed E-state index contributed by atoms with van der Waals surface area (Å²) in [5.41, 5.74) is 1.35. The Morgan fingerprint density at radius 1 is 1.36 bits per heavy atom. The molecule has 124 valence electrons. The van der Waals surface area contributed by atoms with Crippen molar-refractivity contribution in [2.75, 3.05) is 38.2 Å². The molecule has 0 spiro atoms. The summed E-state index contributed by atoms with van der Waals surface area (Å²) < 4.78 is 11.2. The van der Waals surface area contributed by atoms with E-state index in [2.05, 4.69) is 34.0 Å². The highest BCUT2D eigenvalue weighted by atomic mass is 32.2. The maximum Gasteiger partial charge on any atom is 0.317 e. The van der Waals surface area contributed by atoms with Crippen LogP contribution in [-0.4, -0.2) is 64.3 Å². The van der Waals surface area contributed by atoms with Gasteiger partial charge in [-0.25, -0.2) is 4.79 Å². The molecule has 3 atom stereocenters. The average Bonchev–Trinajstić information content (AvgIpc) is 2.99. The highest BCUT2D eigenvalue weighted by molar-refractivity contribution is 7.84. The standard InChI is InChI=1S/C15H25N3O2S2/c1-12(11-22(3)20)16-15(19)18-7-5-17(6-8-18)13(2)14-4-9-21-10-14/h4,9-10,12-13H,5-8,11H2,1-3H3,(H,16,19)/t12-,13-,22-/m1/s1. The molecule has 2 rings (SSSR count). The quantitative estimate of drug-likeness (QED) is 0.888.